The molecule has 2 aliphatic carbocycles. The topological polar surface area (TPSA) is 103 Å². The first kappa shape index (κ1) is 28.4. The summed E-state index contributed by atoms with van der Waals surface area (Å²) in [6.45, 7) is 8.75. The van der Waals surface area contributed by atoms with Crippen LogP contribution < -0.4 is 9.64 Å². The van der Waals surface area contributed by atoms with Crippen molar-refractivity contribution in [1.82, 2.24) is 19.8 Å². The molecular formula is C33H40N6O3. The number of ether oxygens (including phenoxy) is 1. The molecule has 3 unspecified atom stereocenters. The van der Waals surface area contributed by atoms with Crippen LogP contribution in [0.15, 0.2) is 30.9 Å². The molecule has 0 bridgehead atoms. The molecule has 42 heavy (non-hydrogen) atoms. The second-order valence-corrected chi connectivity index (χ2v) is 12.4. The van der Waals surface area contributed by atoms with Crippen LogP contribution in [0.3, 0.4) is 0 Å². The lowest BCUT2D eigenvalue weighted by Crippen LogP contribution is -2.55. The Morgan fingerprint density at radius 2 is 2.00 bits per heavy atom. The predicted octanol–water partition coefficient (Wildman–Crippen LogP) is 3.68. The summed E-state index contributed by atoms with van der Waals surface area (Å²) >= 11 is 0. The third-order valence-electron chi connectivity index (χ3n) is 10.0. The molecule has 1 amide bonds. The number of carbonyl (C=O) groups excluding carboxylic acids is 2. The van der Waals surface area contributed by atoms with Gasteiger partial charge in [0.05, 0.1) is 18.5 Å². The number of benzene rings is 1. The van der Waals surface area contributed by atoms with E-state index in [2.05, 4.69) is 54.6 Å². The number of ketones is 1. The van der Waals surface area contributed by atoms with E-state index in [0.29, 0.717) is 50.2 Å². The number of anilines is 1. The van der Waals surface area contributed by atoms with Crippen LogP contribution in [0.25, 0.3) is 0 Å². The minimum atomic E-state index is -0.471. The van der Waals surface area contributed by atoms with Gasteiger partial charge in [0.25, 0.3) is 0 Å². The van der Waals surface area contributed by atoms with Gasteiger partial charge in [-0.3, -0.25) is 9.59 Å². The lowest BCUT2D eigenvalue weighted by Gasteiger charge is -2.43. The zero-order chi connectivity index (χ0) is 29.4. The Labute approximate surface area is 248 Å². The Kier molecular flexibility index (Phi) is 7.75. The molecule has 2 aromatic rings. The number of Topliss-reactive ketones (excluding diaryl/α,β-unsaturated/α-hetero) is 1. The summed E-state index contributed by atoms with van der Waals surface area (Å²) in [5.41, 5.74) is 4.83. The Bertz CT molecular complexity index is 1450. The molecule has 3 atom stereocenters. The smallest absolute Gasteiger partial charge is 0.319 e. The number of fused-ring (bicyclic) bond motifs is 2. The van der Waals surface area contributed by atoms with E-state index in [4.69, 9.17) is 14.7 Å². The van der Waals surface area contributed by atoms with Crippen molar-refractivity contribution in [3.05, 3.63) is 58.8 Å². The number of nitrogens with zero attached hydrogens (tertiary/aromatic N) is 6. The van der Waals surface area contributed by atoms with Gasteiger partial charge in [0.2, 0.25) is 5.91 Å². The summed E-state index contributed by atoms with van der Waals surface area (Å²) < 4.78 is 6.23. The highest BCUT2D eigenvalue weighted by Gasteiger charge is 2.47. The van der Waals surface area contributed by atoms with E-state index >= 15 is 0 Å². The fraction of sp³-hybridized carbons (Fsp3) is 0.545. The summed E-state index contributed by atoms with van der Waals surface area (Å²) in [5.74, 6) is 0.629. The number of hydrogen-bond acceptors (Lipinski definition) is 8. The van der Waals surface area contributed by atoms with Crippen molar-refractivity contribution in [2.75, 3.05) is 44.7 Å². The molecule has 2 fully saturated rings. The molecule has 0 saturated carbocycles. The van der Waals surface area contributed by atoms with Gasteiger partial charge in [0.15, 0.2) is 5.78 Å². The number of piperazine rings is 1. The first-order chi connectivity index (χ1) is 20.3. The number of carbonyl (C=O) groups is 2. The number of aromatic nitrogens is 2. The SMILES string of the molecule is C=CC(=O)N1CCN(c2nc(OCC3CCCN3C)nc3c2CCC2(CCc4c(C)cccc4C2)C3=O)CC1CC#N. The largest absolute Gasteiger partial charge is 0.462 e. The zero-order valence-electron chi connectivity index (χ0n) is 24.8. The molecule has 4 aliphatic rings. The highest BCUT2D eigenvalue weighted by Crippen LogP contribution is 2.47. The number of likely N-dealkylation sites (N-methyl/N-ethyl adjacent to an activating group) is 1. The molecule has 1 aromatic heterocycles. The van der Waals surface area contributed by atoms with Gasteiger partial charge in [-0.05, 0) is 88.2 Å². The van der Waals surface area contributed by atoms with E-state index in [9.17, 15) is 14.9 Å². The lowest BCUT2D eigenvalue weighted by atomic mass is 9.62. The maximum atomic E-state index is 14.5. The lowest BCUT2D eigenvalue weighted by molar-refractivity contribution is -0.128. The number of rotatable bonds is 6. The van der Waals surface area contributed by atoms with Crippen molar-refractivity contribution in [2.45, 2.75) is 70.4 Å². The minimum Gasteiger partial charge on any atom is -0.462 e. The van der Waals surface area contributed by atoms with E-state index < -0.39 is 5.41 Å². The van der Waals surface area contributed by atoms with Gasteiger partial charge in [-0.25, -0.2) is 0 Å². The standard InChI is InChI=1S/C33H40N6O3/c1-4-28(40)39-18-17-38(20-24(39)12-15-34)31-27-11-14-33(13-10-26-22(2)7-5-8-23(26)19-33)30(41)29(27)35-32(36-31)42-21-25-9-6-16-37(25)3/h4-5,7-8,24-25H,1,6,9-14,16-21H2,2-3H3. The second-order valence-electron chi connectivity index (χ2n) is 12.4. The molecule has 9 heteroatoms. The van der Waals surface area contributed by atoms with Crippen molar-refractivity contribution < 1.29 is 14.3 Å². The van der Waals surface area contributed by atoms with Crippen molar-refractivity contribution in [3.8, 4) is 12.1 Å². The Morgan fingerprint density at radius 1 is 1.19 bits per heavy atom. The van der Waals surface area contributed by atoms with Gasteiger partial charge in [-0.15, -0.1) is 0 Å². The summed E-state index contributed by atoms with van der Waals surface area (Å²) in [6.07, 6.45) is 7.62. The van der Waals surface area contributed by atoms with Crippen molar-refractivity contribution in [1.29, 1.82) is 5.26 Å². The van der Waals surface area contributed by atoms with Crippen LogP contribution in [-0.2, 0) is 24.1 Å². The summed E-state index contributed by atoms with van der Waals surface area (Å²) in [6, 6.07) is 8.89. The quantitative estimate of drug-likeness (QED) is 0.487. The summed E-state index contributed by atoms with van der Waals surface area (Å²) in [4.78, 5) is 42.8. The number of hydrogen-bond donors (Lipinski definition) is 0. The summed E-state index contributed by atoms with van der Waals surface area (Å²) in [7, 11) is 2.11. The Morgan fingerprint density at radius 3 is 2.74 bits per heavy atom. The van der Waals surface area contributed by atoms with Crippen LogP contribution in [-0.4, -0.2) is 83.4 Å². The van der Waals surface area contributed by atoms with Crippen LogP contribution in [0, 0.1) is 23.7 Å². The van der Waals surface area contributed by atoms with Gasteiger partial charge in [-0.2, -0.15) is 15.2 Å². The van der Waals surface area contributed by atoms with Crippen molar-refractivity contribution >= 4 is 17.5 Å². The number of amides is 1. The highest BCUT2D eigenvalue weighted by atomic mass is 16.5. The maximum absolute atomic E-state index is 14.5. The van der Waals surface area contributed by atoms with Crippen LogP contribution in [0.2, 0.25) is 0 Å². The highest BCUT2D eigenvalue weighted by molar-refractivity contribution is 6.02. The van der Waals surface area contributed by atoms with E-state index in [0.717, 1.165) is 50.6 Å². The number of aryl methyl sites for hydroxylation is 1. The first-order valence-electron chi connectivity index (χ1n) is 15.2. The van der Waals surface area contributed by atoms with E-state index in [1.54, 1.807) is 4.90 Å². The van der Waals surface area contributed by atoms with Crippen molar-refractivity contribution in [2.24, 2.45) is 5.41 Å². The molecule has 0 radical (unpaired) electrons. The molecule has 1 spiro atoms. The second kappa shape index (κ2) is 11.5. The summed E-state index contributed by atoms with van der Waals surface area (Å²) in [5, 5.41) is 9.51. The fourth-order valence-corrected chi connectivity index (χ4v) is 7.53. The third-order valence-corrected chi connectivity index (χ3v) is 10.0. The average Bonchev–Trinajstić information content (AvgIpc) is 3.42. The molecule has 0 N–H and O–H groups in total. The Hall–Kier alpha value is -3.77. The van der Waals surface area contributed by atoms with Crippen LogP contribution in [0.5, 0.6) is 6.01 Å². The van der Waals surface area contributed by atoms with Gasteiger partial charge in [-0.1, -0.05) is 24.8 Å². The maximum Gasteiger partial charge on any atom is 0.319 e. The molecule has 1 aromatic carbocycles. The van der Waals surface area contributed by atoms with E-state index in [1.165, 1.54) is 22.8 Å². The monoisotopic (exact) mass is 568 g/mol. The van der Waals surface area contributed by atoms with Crippen LogP contribution in [0.4, 0.5) is 5.82 Å². The van der Waals surface area contributed by atoms with E-state index in [1.807, 2.05) is 0 Å². The third kappa shape index (κ3) is 5.06. The molecule has 3 heterocycles. The van der Waals surface area contributed by atoms with Gasteiger partial charge < -0.3 is 19.4 Å². The zero-order valence-corrected chi connectivity index (χ0v) is 24.8. The number of nitriles is 1. The normalized spacial score (nSPS) is 25.6. The number of likely N-dealkylation sites (tertiary alicyclic amines) is 1. The average molecular weight is 569 g/mol. The fourth-order valence-electron chi connectivity index (χ4n) is 7.53. The van der Waals surface area contributed by atoms with Crippen molar-refractivity contribution in [3.63, 3.8) is 0 Å². The van der Waals surface area contributed by atoms with Crippen LogP contribution >= 0.6 is 0 Å². The van der Waals surface area contributed by atoms with Crippen LogP contribution in [0.1, 0.15) is 64.8 Å². The first-order valence-corrected chi connectivity index (χ1v) is 15.2. The van der Waals surface area contributed by atoms with E-state index in [-0.39, 0.29) is 30.2 Å². The molecule has 6 rings (SSSR count). The van der Waals surface area contributed by atoms with Gasteiger partial charge in [0.1, 0.15) is 18.1 Å². The predicted molar refractivity (Wildman–Crippen MR) is 160 cm³/mol. The molecule has 9 nitrogen and oxygen atoms in total. The van der Waals surface area contributed by atoms with Gasteiger partial charge >= 0.3 is 6.01 Å². The van der Waals surface area contributed by atoms with Gasteiger partial charge in [0, 0.05) is 36.7 Å². The molecular weight excluding hydrogens is 528 g/mol. The molecule has 2 aliphatic heterocycles. The molecule has 2 saturated heterocycles. The minimum absolute atomic E-state index is 0.0939. The Balaban J connectivity index is 1.35. The molecule has 220 valence electrons.